The number of benzene rings is 1. The molecule has 0 aromatic heterocycles. The Kier molecular flexibility index (Phi) is 2.92. The summed E-state index contributed by atoms with van der Waals surface area (Å²) >= 11 is -0.569. The first-order valence-electron chi connectivity index (χ1n) is 4.96. The van der Waals surface area contributed by atoms with Gasteiger partial charge in [0.25, 0.3) is 0 Å². The quantitative estimate of drug-likeness (QED) is 0.544. The topological polar surface area (TPSA) is 0 Å². The van der Waals surface area contributed by atoms with Gasteiger partial charge in [-0.15, -0.1) is 0 Å². The summed E-state index contributed by atoms with van der Waals surface area (Å²) in [6, 6.07) is 9.04. The molecule has 13 heavy (non-hydrogen) atoms. The van der Waals surface area contributed by atoms with Gasteiger partial charge in [0.05, 0.1) is 0 Å². The van der Waals surface area contributed by atoms with Crippen LogP contribution < -0.4 is 0 Å². The van der Waals surface area contributed by atoms with Crippen molar-refractivity contribution in [2.24, 2.45) is 0 Å². The summed E-state index contributed by atoms with van der Waals surface area (Å²) in [5.74, 6) is 0.843. The monoisotopic (exact) mass is 288 g/mol. The minimum absolute atomic E-state index is 0.569. The Morgan fingerprint density at radius 3 is 2.92 bits per heavy atom. The summed E-state index contributed by atoms with van der Waals surface area (Å²) in [6.07, 6.45) is 0. The van der Waals surface area contributed by atoms with Gasteiger partial charge in [-0.25, -0.2) is 0 Å². The number of rotatable bonds is 1. The van der Waals surface area contributed by atoms with Gasteiger partial charge in [0.1, 0.15) is 0 Å². The molecular formula is C12H17I. The van der Waals surface area contributed by atoms with Gasteiger partial charge in [0, 0.05) is 0 Å². The van der Waals surface area contributed by atoms with Crippen LogP contribution in [-0.4, -0.2) is 8.86 Å². The van der Waals surface area contributed by atoms with Crippen LogP contribution in [0.2, 0.25) is 0 Å². The van der Waals surface area contributed by atoms with Gasteiger partial charge in [-0.05, 0) is 0 Å². The summed E-state index contributed by atoms with van der Waals surface area (Å²) in [4.78, 5) is 0. The van der Waals surface area contributed by atoms with Crippen LogP contribution in [0.5, 0.6) is 0 Å². The molecule has 0 aliphatic carbocycles. The molecule has 1 aliphatic rings. The first-order valence-corrected chi connectivity index (χ1v) is 9.54. The third kappa shape index (κ3) is 1.90. The van der Waals surface area contributed by atoms with E-state index in [1.54, 1.807) is 11.1 Å². The maximum absolute atomic E-state index is 2.40. The number of hydrogen-bond donors (Lipinski definition) is 0. The van der Waals surface area contributed by atoms with Crippen LogP contribution in [-0.2, 0) is 4.43 Å². The summed E-state index contributed by atoms with van der Waals surface area (Å²) in [5, 5.41) is 0. The predicted molar refractivity (Wildman–Crippen MR) is 68.0 cm³/mol. The van der Waals surface area contributed by atoms with Gasteiger partial charge in [0.15, 0.2) is 0 Å². The van der Waals surface area contributed by atoms with Gasteiger partial charge in [-0.2, -0.15) is 0 Å². The molecule has 0 amide bonds. The Bertz CT molecular complexity index is 293. The van der Waals surface area contributed by atoms with Crippen LogP contribution in [0.4, 0.5) is 0 Å². The van der Waals surface area contributed by atoms with Crippen LogP contribution in [0.3, 0.4) is 0 Å². The fraction of sp³-hybridized carbons (Fsp3) is 0.500. The molecule has 0 fully saturated rings. The summed E-state index contributed by atoms with van der Waals surface area (Å²) < 4.78 is 4.49. The standard InChI is InChI=1S/C12H17I/c1-3-13-8-10(2)12-7-5-4-6-11(12)9-13/h4-7,10H,3,8-9H2,1-2H3. The van der Waals surface area contributed by atoms with Crippen LogP contribution in [0, 0.1) is 0 Å². The van der Waals surface area contributed by atoms with Crippen molar-refractivity contribution in [3.63, 3.8) is 0 Å². The molecule has 0 bridgehead atoms. The maximum atomic E-state index is 2.40. The van der Waals surface area contributed by atoms with Crippen molar-refractivity contribution < 1.29 is 0 Å². The van der Waals surface area contributed by atoms with E-state index in [4.69, 9.17) is 0 Å². The van der Waals surface area contributed by atoms with Gasteiger partial charge >= 0.3 is 88.3 Å². The molecule has 1 aromatic carbocycles. The minimum atomic E-state index is -0.569. The number of alkyl halides is 3. The van der Waals surface area contributed by atoms with Crippen LogP contribution in [0.15, 0.2) is 24.3 Å². The molecular weight excluding hydrogens is 271 g/mol. The zero-order chi connectivity index (χ0) is 9.26. The number of hydrogen-bond acceptors (Lipinski definition) is 0. The Labute approximate surface area is 88.1 Å². The van der Waals surface area contributed by atoms with Crippen molar-refractivity contribution in [1.29, 1.82) is 0 Å². The average molecular weight is 288 g/mol. The van der Waals surface area contributed by atoms with Crippen LogP contribution in [0.25, 0.3) is 0 Å². The summed E-state index contributed by atoms with van der Waals surface area (Å²) in [5.41, 5.74) is 3.29. The van der Waals surface area contributed by atoms with Crippen molar-refractivity contribution in [2.45, 2.75) is 24.2 Å². The molecule has 72 valence electrons. The fourth-order valence-electron chi connectivity index (χ4n) is 2.01. The van der Waals surface area contributed by atoms with Gasteiger partial charge in [-0.3, -0.25) is 0 Å². The molecule has 0 nitrogen and oxygen atoms in total. The molecule has 1 heterocycles. The average Bonchev–Trinajstić information content (AvgIpc) is 2.18. The first kappa shape index (κ1) is 9.50. The van der Waals surface area contributed by atoms with Crippen molar-refractivity contribution in [1.82, 2.24) is 0 Å². The molecule has 2 rings (SSSR count). The van der Waals surface area contributed by atoms with E-state index in [1.165, 1.54) is 13.3 Å². The first-order chi connectivity index (χ1) is 6.31. The van der Waals surface area contributed by atoms with Crippen molar-refractivity contribution in [2.75, 3.05) is 8.86 Å². The number of fused-ring (bicyclic) bond motifs is 1. The second kappa shape index (κ2) is 3.99. The molecule has 1 heteroatoms. The second-order valence-corrected chi connectivity index (χ2v) is 10.1. The summed E-state index contributed by atoms with van der Waals surface area (Å²) in [7, 11) is 0. The molecule has 1 atom stereocenters. The van der Waals surface area contributed by atoms with Crippen molar-refractivity contribution in [3.05, 3.63) is 35.4 Å². The van der Waals surface area contributed by atoms with Crippen molar-refractivity contribution >= 4 is 19.8 Å². The third-order valence-corrected chi connectivity index (χ3v) is 9.37. The van der Waals surface area contributed by atoms with Crippen molar-refractivity contribution in [3.8, 4) is 0 Å². The Balaban J connectivity index is 2.31. The van der Waals surface area contributed by atoms with E-state index in [1.807, 2.05) is 0 Å². The van der Waals surface area contributed by atoms with Gasteiger partial charge in [-0.1, -0.05) is 0 Å². The van der Waals surface area contributed by atoms with E-state index in [0.29, 0.717) is 0 Å². The van der Waals surface area contributed by atoms with Crippen LogP contribution >= 0.6 is 19.8 Å². The van der Waals surface area contributed by atoms with E-state index in [2.05, 4.69) is 38.1 Å². The van der Waals surface area contributed by atoms with Gasteiger partial charge in [0.2, 0.25) is 0 Å². The van der Waals surface area contributed by atoms with E-state index in [0.717, 1.165) is 5.92 Å². The second-order valence-electron chi connectivity index (χ2n) is 3.72. The van der Waals surface area contributed by atoms with E-state index >= 15 is 0 Å². The SMILES string of the molecule is CCI1Cc2ccccc2C(C)C1. The summed E-state index contributed by atoms with van der Waals surface area (Å²) in [6.45, 7) is 4.78. The third-order valence-electron chi connectivity index (χ3n) is 2.75. The molecule has 0 saturated heterocycles. The normalized spacial score (nSPS) is 24.2. The Morgan fingerprint density at radius 1 is 1.38 bits per heavy atom. The molecule has 1 unspecified atom stereocenters. The Morgan fingerprint density at radius 2 is 2.15 bits per heavy atom. The molecule has 0 spiro atoms. The zero-order valence-electron chi connectivity index (χ0n) is 8.39. The van der Waals surface area contributed by atoms with E-state index < -0.39 is 19.8 Å². The Hall–Kier alpha value is -0.0500. The molecule has 1 aliphatic heterocycles. The number of halogens is 1. The predicted octanol–water partition coefficient (Wildman–Crippen LogP) is 3.83. The molecule has 1 aromatic rings. The van der Waals surface area contributed by atoms with E-state index in [-0.39, 0.29) is 0 Å². The molecule has 0 saturated carbocycles. The van der Waals surface area contributed by atoms with Crippen LogP contribution in [0.1, 0.15) is 30.9 Å². The van der Waals surface area contributed by atoms with Gasteiger partial charge < -0.3 is 0 Å². The van der Waals surface area contributed by atoms with E-state index in [9.17, 15) is 0 Å². The molecule has 0 N–H and O–H groups in total. The fourth-order valence-corrected chi connectivity index (χ4v) is 7.68. The zero-order valence-corrected chi connectivity index (χ0v) is 10.5. The molecule has 0 radical (unpaired) electrons.